The Morgan fingerprint density at radius 2 is 2.38 bits per heavy atom. The average molecular weight is 182 g/mol. The number of carbonyl (C=O) groups is 1. The van der Waals surface area contributed by atoms with E-state index in [2.05, 4.69) is 5.32 Å². The summed E-state index contributed by atoms with van der Waals surface area (Å²) in [5, 5.41) is 2.78. The molecule has 0 aromatic carbocycles. The molecule has 1 aromatic rings. The van der Waals surface area contributed by atoms with Crippen LogP contribution in [0.1, 0.15) is 10.4 Å². The van der Waals surface area contributed by atoms with Gasteiger partial charge in [0.1, 0.15) is 6.26 Å². The SMILES string of the molecule is CN(C)CCNC(=O)c1ccoc1. The summed E-state index contributed by atoms with van der Waals surface area (Å²) in [6, 6.07) is 1.64. The smallest absolute Gasteiger partial charge is 0.254 e. The normalized spacial score (nSPS) is 10.4. The fraction of sp³-hybridized carbons (Fsp3) is 0.444. The molecule has 1 amide bonds. The van der Waals surface area contributed by atoms with E-state index in [1.807, 2.05) is 19.0 Å². The molecule has 0 aliphatic rings. The Hall–Kier alpha value is -1.29. The second kappa shape index (κ2) is 4.67. The summed E-state index contributed by atoms with van der Waals surface area (Å²) in [4.78, 5) is 13.3. The Labute approximate surface area is 77.5 Å². The van der Waals surface area contributed by atoms with E-state index in [1.54, 1.807) is 6.07 Å². The summed E-state index contributed by atoms with van der Waals surface area (Å²) in [7, 11) is 3.92. The van der Waals surface area contributed by atoms with Gasteiger partial charge < -0.3 is 14.6 Å². The molecule has 4 nitrogen and oxygen atoms in total. The second-order valence-electron chi connectivity index (χ2n) is 3.07. The van der Waals surface area contributed by atoms with Crippen LogP contribution in [-0.2, 0) is 0 Å². The number of hydrogen-bond acceptors (Lipinski definition) is 3. The van der Waals surface area contributed by atoms with E-state index in [-0.39, 0.29) is 5.91 Å². The highest BCUT2D eigenvalue weighted by Gasteiger charge is 2.04. The Bertz CT molecular complexity index is 255. The van der Waals surface area contributed by atoms with Gasteiger partial charge in [0.25, 0.3) is 5.91 Å². The van der Waals surface area contributed by atoms with Gasteiger partial charge in [-0.05, 0) is 20.2 Å². The second-order valence-corrected chi connectivity index (χ2v) is 3.07. The van der Waals surface area contributed by atoms with E-state index >= 15 is 0 Å². The molecule has 1 N–H and O–H groups in total. The van der Waals surface area contributed by atoms with Crippen molar-refractivity contribution in [2.75, 3.05) is 27.2 Å². The number of hydrogen-bond donors (Lipinski definition) is 1. The first kappa shape index (κ1) is 9.80. The van der Waals surface area contributed by atoms with Gasteiger partial charge in [-0.3, -0.25) is 4.79 Å². The summed E-state index contributed by atoms with van der Waals surface area (Å²) in [6.45, 7) is 1.49. The van der Waals surface area contributed by atoms with Gasteiger partial charge in [-0.25, -0.2) is 0 Å². The number of nitrogens with zero attached hydrogens (tertiary/aromatic N) is 1. The lowest BCUT2D eigenvalue weighted by Crippen LogP contribution is -2.31. The van der Waals surface area contributed by atoms with E-state index in [0.29, 0.717) is 12.1 Å². The maximum atomic E-state index is 11.3. The van der Waals surface area contributed by atoms with E-state index in [4.69, 9.17) is 4.42 Å². The van der Waals surface area contributed by atoms with Crippen molar-refractivity contribution in [1.29, 1.82) is 0 Å². The van der Waals surface area contributed by atoms with Crippen LogP contribution in [0, 0.1) is 0 Å². The summed E-state index contributed by atoms with van der Waals surface area (Å²) in [5.74, 6) is -0.0874. The van der Waals surface area contributed by atoms with Crippen LogP contribution in [0.25, 0.3) is 0 Å². The van der Waals surface area contributed by atoms with E-state index in [9.17, 15) is 4.79 Å². The van der Waals surface area contributed by atoms with Crippen molar-refractivity contribution in [3.05, 3.63) is 24.2 Å². The average Bonchev–Trinajstić information content (AvgIpc) is 2.55. The fourth-order valence-electron chi connectivity index (χ4n) is 0.889. The monoisotopic (exact) mass is 182 g/mol. The molecule has 0 spiro atoms. The van der Waals surface area contributed by atoms with E-state index in [0.717, 1.165) is 6.54 Å². The van der Waals surface area contributed by atoms with Crippen molar-refractivity contribution in [1.82, 2.24) is 10.2 Å². The van der Waals surface area contributed by atoms with Gasteiger partial charge in [0, 0.05) is 13.1 Å². The van der Waals surface area contributed by atoms with Crippen molar-refractivity contribution in [3.8, 4) is 0 Å². The number of amides is 1. The Morgan fingerprint density at radius 1 is 1.62 bits per heavy atom. The maximum absolute atomic E-state index is 11.3. The van der Waals surface area contributed by atoms with Gasteiger partial charge in [-0.15, -0.1) is 0 Å². The Balaban J connectivity index is 2.27. The number of carbonyl (C=O) groups excluding carboxylic acids is 1. The summed E-state index contributed by atoms with van der Waals surface area (Å²) >= 11 is 0. The van der Waals surface area contributed by atoms with Crippen LogP contribution in [0.15, 0.2) is 23.0 Å². The van der Waals surface area contributed by atoms with Crippen LogP contribution in [-0.4, -0.2) is 38.0 Å². The van der Waals surface area contributed by atoms with Crippen LogP contribution in [0.2, 0.25) is 0 Å². The van der Waals surface area contributed by atoms with Gasteiger partial charge in [0.05, 0.1) is 11.8 Å². The lowest BCUT2D eigenvalue weighted by molar-refractivity contribution is 0.0950. The molecule has 4 heteroatoms. The van der Waals surface area contributed by atoms with E-state index < -0.39 is 0 Å². The molecule has 13 heavy (non-hydrogen) atoms. The highest BCUT2D eigenvalue weighted by molar-refractivity contribution is 5.93. The van der Waals surface area contributed by atoms with Gasteiger partial charge in [-0.2, -0.15) is 0 Å². The predicted octanol–water partition coefficient (Wildman–Crippen LogP) is 0.571. The number of likely N-dealkylation sites (N-methyl/N-ethyl adjacent to an activating group) is 1. The summed E-state index contributed by atoms with van der Waals surface area (Å²) < 4.78 is 4.79. The highest BCUT2D eigenvalue weighted by atomic mass is 16.3. The molecule has 1 rings (SSSR count). The van der Waals surface area contributed by atoms with Crippen molar-refractivity contribution in [3.63, 3.8) is 0 Å². The number of furan rings is 1. The topological polar surface area (TPSA) is 45.5 Å². The van der Waals surface area contributed by atoms with Crippen LogP contribution in [0.3, 0.4) is 0 Å². The zero-order valence-electron chi connectivity index (χ0n) is 7.91. The van der Waals surface area contributed by atoms with Crippen molar-refractivity contribution >= 4 is 5.91 Å². The molecule has 0 bridgehead atoms. The first-order valence-corrected chi connectivity index (χ1v) is 4.15. The minimum atomic E-state index is -0.0874. The number of rotatable bonds is 4. The molecule has 0 fully saturated rings. The molecule has 1 heterocycles. The minimum absolute atomic E-state index is 0.0874. The zero-order chi connectivity index (χ0) is 9.68. The Kier molecular flexibility index (Phi) is 3.52. The number of nitrogens with one attached hydrogen (secondary N) is 1. The van der Waals surface area contributed by atoms with Gasteiger partial charge >= 0.3 is 0 Å². The van der Waals surface area contributed by atoms with Crippen molar-refractivity contribution in [2.24, 2.45) is 0 Å². The highest BCUT2D eigenvalue weighted by Crippen LogP contribution is 1.98. The lowest BCUT2D eigenvalue weighted by Gasteiger charge is -2.09. The van der Waals surface area contributed by atoms with Gasteiger partial charge in [0.15, 0.2) is 0 Å². The maximum Gasteiger partial charge on any atom is 0.254 e. The third-order valence-electron chi connectivity index (χ3n) is 1.63. The molecule has 72 valence electrons. The van der Waals surface area contributed by atoms with Crippen molar-refractivity contribution in [2.45, 2.75) is 0 Å². The van der Waals surface area contributed by atoms with Crippen LogP contribution in [0.5, 0.6) is 0 Å². The zero-order valence-corrected chi connectivity index (χ0v) is 7.91. The minimum Gasteiger partial charge on any atom is -0.472 e. The molecule has 0 radical (unpaired) electrons. The van der Waals surface area contributed by atoms with Crippen molar-refractivity contribution < 1.29 is 9.21 Å². The molecule has 0 aliphatic heterocycles. The van der Waals surface area contributed by atoms with Gasteiger partial charge in [-0.1, -0.05) is 0 Å². The molecule has 0 saturated carbocycles. The lowest BCUT2D eigenvalue weighted by atomic mass is 10.3. The molecule has 0 atom stereocenters. The van der Waals surface area contributed by atoms with Crippen LogP contribution in [0.4, 0.5) is 0 Å². The van der Waals surface area contributed by atoms with E-state index in [1.165, 1.54) is 12.5 Å². The molecule has 0 saturated heterocycles. The molecule has 0 aliphatic carbocycles. The molecular formula is C9H14N2O2. The summed E-state index contributed by atoms with van der Waals surface area (Å²) in [5.41, 5.74) is 0.568. The first-order valence-electron chi connectivity index (χ1n) is 4.15. The Morgan fingerprint density at radius 3 is 2.92 bits per heavy atom. The van der Waals surface area contributed by atoms with Gasteiger partial charge in [0.2, 0.25) is 0 Å². The van der Waals surface area contributed by atoms with Crippen LogP contribution < -0.4 is 5.32 Å². The summed E-state index contributed by atoms with van der Waals surface area (Å²) in [6.07, 6.45) is 2.92. The predicted molar refractivity (Wildman–Crippen MR) is 49.6 cm³/mol. The van der Waals surface area contributed by atoms with Crippen LogP contribution >= 0.6 is 0 Å². The molecule has 0 unspecified atom stereocenters. The largest absolute Gasteiger partial charge is 0.472 e. The third kappa shape index (κ3) is 3.29. The quantitative estimate of drug-likeness (QED) is 0.740. The standard InChI is InChI=1S/C9H14N2O2/c1-11(2)5-4-10-9(12)8-3-6-13-7-8/h3,6-7H,4-5H2,1-2H3,(H,10,12). The fourth-order valence-corrected chi connectivity index (χ4v) is 0.889. The molecular weight excluding hydrogens is 168 g/mol. The first-order chi connectivity index (χ1) is 6.20. The molecule has 1 aromatic heterocycles. The third-order valence-corrected chi connectivity index (χ3v) is 1.63.